The fraction of sp³-hybridized carbons (Fsp3) is 0.640. The van der Waals surface area contributed by atoms with E-state index in [0.717, 1.165) is 37.9 Å². The van der Waals surface area contributed by atoms with Crippen LogP contribution >= 0.6 is 0 Å². The maximum Gasteiger partial charge on any atom is 0.311 e. The molecule has 0 atom stereocenters. The molecule has 0 saturated heterocycles. The molecule has 2 rings (SSSR count). The molecule has 0 heterocycles. The molecule has 64 heavy (non-hydrogen) atoms. The Labute approximate surface area is 395 Å². The van der Waals surface area contributed by atoms with Crippen LogP contribution in [0.5, 0.6) is 0 Å². The molecule has 0 amide bonds. The van der Waals surface area contributed by atoms with Gasteiger partial charge < -0.3 is 50.6 Å². The first-order valence-electron chi connectivity index (χ1n) is 22.0. The molecule has 0 saturated carbocycles. The van der Waals surface area contributed by atoms with Gasteiger partial charge in [-0.25, -0.2) is 0 Å². The van der Waals surface area contributed by atoms with E-state index in [1.54, 1.807) is 13.8 Å². The van der Waals surface area contributed by atoms with Crippen LogP contribution in [0.3, 0.4) is 0 Å². The maximum atomic E-state index is 12.5. The van der Waals surface area contributed by atoms with Crippen LogP contribution in [0.2, 0.25) is 0 Å². The summed E-state index contributed by atoms with van der Waals surface area (Å²) in [5, 5.41) is 16.7. The van der Waals surface area contributed by atoms with E-state index >= 15 is 0 Å². The Hall–Kier alpha value is -4.14. The van der Waals surface area contributed by atoms with Crippen LogP contribution in [-0.4, -0.2) is 103 Å². The number of aliphatic hydroxyl groups excluding tert-OH is 1. The quantitative estimate of drug-likeness (QED) is 0.0623. The number of aliphatic hydroxyl groups is 1. The zero-order valence-corrected chi connectivity index (χ0v) is 43.4. The molecule has 0 aliphatic rings. The van der Waals surface area contributed by atoms with Gasteiger partial charge in [-0.3, -0.25) is 28.8 Å². The van der Waals surface area contributed by atoms with Crippen molar-refractivity contribution in [1.29, 1.82) is 0 Å². The van der Waals surface area contributed by atoms with Gasteiger partial charge in [-0.15, -0.1) is 0 Å². The number of likely N-dealkylation sites (N-methyl/N-ethyl adjacent to an activating group) is 1. The minimum atomic E-state index is -0.956. The standard InChI is InChI=1S/C24H32NO3.C9H16O4.C9H18O2.C8H16O3.BrH/c1-6-24(2,3)23(27)28-17-16-25(4,5)18-19-12-14-21(15-13-19)22(26)20-10-8-7-9-11-20;1-4-9(2,3)8(12)13-6-5-7(10)11;1-6-9(4,5)8(10)11-7(2)3;1-4-8(2,3)7(10)11-6-5-9;/h7-15H,6,16-18H2,1-5H3;4-6H2,1-3H3,(H,10,11);7H,6H2,1-5H3;9H,4-6H2,1-3H3;1H/q+1;;;;/p-1. The smallest absolute Gasteiger partial charge is 0.311 e. The number of rotatable bonds is 21. The summed E-state index contributed by atoms with van der Waals surface area (Å²) in [5.41, 5.74) is 0.838. The Morgan fingerprint density at radius 3 is 1.33 bits per heavy atom. The number of carbonyl (C=O) groups excluding carboxylic acids is 5. The Morgan fingerprint density at radius 1 is 0.578 bits per heavy atom. The summed E-state index contributed by atoms with van der Waals surface area (Å²) in [6.45, 7) is 28.2. The van der Waals surface area contributed by atoms with Gasteiger partial charge >= 0.3 is 29.8 Å². The molecule has 0 aromatic heterocycles. The van der Waals surface area contributed by atoms with Crippen LogP contribution < -0.4 is 17.0 Å². The second-order valence-corrected chi connectivity index (χ2v) is 18.9. The van der Waals surface area contributed by atoms with Crippen LogP contribution in [0.25, 0.3) is 0 Å². The van der Waals surface area contributed by atoms with Crippen molar-refractivity contribution in [2.45, 2.75) is 142 Å². The van der Waals surface area contributed by atoms with E-state index in [1.807, 2.05) is 138 Å². The monoisotopic (exact) mass is 968 g/mol. The second-order valence-electron chi connectivity index (χ2n) is 18.9. The minimum Gasteiger partial charge on any atom is -1.00 e. The van der Waals surface area contributed by atoms with Crippen molar-refractivity contribution in [3.05, 3.63) is 71.3 Å². The summed E-state index contributed by atoms with van der Waals surface area (Å²) in [6, 6.07) is 17.1. The Bertz CT molecular complexity index is 1680. The SMILES string of the molecule is CCC(C)(C)C(=O)OC(C)C.CCC(C)(C)C(=O)OCCC(=O)O.CCC(C)(C)C(=O)OCCO.CCC(C)(C)C(=O)OCC[N+](C)(C)Cc1ccc(C(=O)c2ccccc2)cc1.[Br-]. The number of hydrogen-bond acceptors (Lipinski definition) is 11. The van der Waals surface area contributed by atoms with Crippen molar-refractivity contribution in [3.63, 3.8) is 0 Å². The number of hydrogen-bond donors (Lipinski definition) is 2. The highest BCUT2D eigenvalue weighted by Gasteiger charge is 2.30. The molecule has 0 fully saturated rings. The van der Waals surface area contributed by atoms with Gasteiger partial charge in [0.2, 0.25) is 0 Å². The molecule has 0 spiro atoms. The fourth-order valence-corrected chi connectivity index (χ4v) is 4.38. The molecule has 13 nitrogen and oxygen atoms in total. The fourth-order valence-electron chi connectivity index (χ4n) is 4.38. The van der Waals surface area contributed by atoms with E-state index in [2.05, 4.69) is 14.1 Å². The number of carbonyl (C=O) groups is 6. The number of aliphatic carboxylic acids is 1. The van der Waals surface area contributed by atoms with Crippen LogP contribution in [-0.2, 0) is 49.5 Å². The van der Waals surface area contributed by atoms with Crippen molar-refractivity contribution < 1.29 is 79.4 Å². The van der Waals surface area contributed by atoms with E-state index in [0.29, 0.717) is 28.6 Å². The number of carboxylic acid groups (broad SMARTS) is 1. The normalized spacial score (nSPS) is 11.4. The van der Waals surface area contributed by atoms with E-state index in [9.17, 15) is 28.8 Å². The predicted octanol–water partition coefficient (Wildman–Crippen LogP) is 6.25. The van der Waals surface area contributed by atoms with Gasteiger partial charge in [0.25, 0.3) is 0 Å². The third-order valence-corrected chi connectivity index (χ3v) is 10.8. The van der Waals surface area contributed by atoms with Gasteiger partial charge in [-0.2, -0.15) is 0 Å². The van der Waals surface area contributed by atoms with Crippen molar-refractivity contribution in [3.8, 4) is 0 Å². The molecule has 2 aromatic carbocycles. The molecule has 366 valence electrons. The Kier molecular flexibility index (Phi) is 31.0. The lowest BCUT2D eigenvalue weighted by Gasteiger charge is -2.30. The lowest BCUT2D eigenvalue weighted by atomic mass is 9.91. The molecule has 2 aromatic rings. The first kappa shape index (κ1) is 64.1. The lowest BCUT2D eigenvalue weighted by molar-refractivity contribution is -0.903. The molecule has 0 radical (unpaired) electrons. The van der Waals surface area contributed by atoms with Gasteiger partial charge in [0.15, 0.2) is 5.78 Å². The number of nitrogens with zero attached hydrogens (tertiary/aromatic N) is 1. The zero-order chi connectivity index (χ0) is 49.2. The van der Waals surface area contributed by atoms with Crippen LogP contribution in [0.1, 0.15) is 151 Å². The summed E-state index contributed by atoms with van der Waals surface area (Å²) in [7, 11) is 4.23. The van der Waals surface area contributed by atoms with E-state index in [-0.39, 0.29) is 84.4 Å². The van der Waals surface area contributed by atoms with Crippen molar-refractivity contribution in [2.75, 3.05) is 47.1 Å². The average molecular weight is 969 g/mol. The summed E-state index contributed by atoms with van der Waals surface area (Å²) >= 11 is 0. The van der Waals surface area contributed by atoms with Crippen LogP contribution in [0.15, 0.2) is 54.6 Å². The van der Waals surface area contributed by atoms with Gasteiger partial charge in [0.05, 0.1) is 54.9 Å². The third-order valence-electron chi connectivity index (χ3n) is 10.8. The third kappa shape index (κ3) is 26.6. The van der Waals surface area contributed by atoms with E-state index in [1.165, 1.54) is 0 Å². The number of quaternary nitrogens is 1. The van der Waals surface area contributed by atoms with E-state index in [4.69, 9.17) is 29.2 Å². The van der Waals surface area contributed by atoms with Gasteiger partial charge in [-0.1, -0.05) is 82.3 Å². The zero-order valence-electron chi connectivity index (χ0n) is 41.9. The highest BCUT2D eigenvalue weighted by Crippen LogP contribution is 2.24. The number of esters is 4. The van der Waals surface area contributed by atoms with E-state index < -0.39 is 22.2 Å². The largest absolute Gasteiger partial charge is 1.00 e. The molecule has 0 aliphatic heterocycles. The molecule has 0 unspecified atom stereocenters. The maximum absolute atomic E-state index is 12.5. The molecular weight excluding hydrogens is 886 g/mol. The molecule has 2 N–H and O–H groups in total. The summed E-state index contributed by atoms with van der Waals surface area (Å²) < 4.78 is 20.8. The first-order chi connectivity index (χ1) is 29.0. The molecule has 14 heteroatoms. The number of carboxylic acids is 1. The van der Waals surface area contributed by atoms with Crippen LogP contribution in [0, 0.1) is 21.7 Å². The average Bonchev–Trinajstić information content (AvgIpc) is 3.23. The van der Waals surface area contributed by atoms with Gasteiger partial charge in [0.1, 0.15) is 32.9 Å². The van der Waals surface area contributed by atoms with Crippen LogP contribution in [0.4, 0.5) is 0 Å². The number of halogens is 1. The first-order valence-corrected chi connectivity index (χ1v) is 22.0. The Morgan fingerprint density at radius 2 is 0.953 bits per heavy atom. The summed E-state index contributed by atoms with van der Waals surface area (Å²) in [6.07, 6.45) is 2.87. The number of ketones is 1. The van der Waals surface area contributed by atoms with Crippen molar-refractivity contribution in [1.82, 2.24) is 0 Å². The minimum absolute atomic E-state index is 0. The summed E-state index contributed by atoms with van der Waals surface area (Å²) in [4.78, 5) is 68.4. The molecule has 0 bridgehead atoms. The Balaban J connectivity index is -0.000000865. The predicted molar refractivity (Wildman–Crippen MR) is 247 cm³/mol. The topological polar surface area (TPSA) is 180 Å². The number of ether oxygens (including phenoxy) is 4. The van der Waals surface area contributed by atoms with Crippen molar-refractivity contribution in [2.24, 2.45) is 21.7 Å². The van der Waals surface area contributed by atoms with Gasteiger partial charge in [-0.05, 0) is 94.9 Å². The summed E-state index contributed by atoms with van der Waals surface area (Å²) in [5.74, 6) is -1.74. The number of benzene rings is 2. The van der Waals surface area contributed by atoms with Crippen molar-refractivity contribution >= 4 is 35.6 Å². The highest BCUT2D eigenvalue weighted by molar-refractivity contribution is 6.08. The second kappa shape index (κ2) is 30.9. The highest BCUT2D eigenvalue weighted by atomic mass is 79.9. The van der Waals surface area contributed by atoms with Gasteiger partial charge in [0, 0.05) is 16.7 Å². The molecule has 0 aliphatic carbocycles. The lowest BCUT2D eigenvalue weighted by Crippen LogP contribution is -3.00. The molecular formula is C50H82BrNO12.